The number of benzene rings is 2. The molecular formula is C22H27NO4S. The Morgan fingerprint density at radius 2 is 1.71 bits per heavy atom. The van der Waals surface area contributed by atoms with Gasteiger partial charge in [0.15, 0.2) is 0 Å². The second kappa shape index (κ2) is 10.2. The molecule has 0 aliphatic carbocycles. The third kappa shape index (κ3) is 7.64. The van der Waals surface area contributed by atoms with Gasteiger partial charge in [-0.05, 0) is 57.5 Å². The molecule has 1 N–H and O–H groups in total. The molecule has 0 bridgehead atoms. The lowest BCUT2D eigenvalue weighted by molar-refractivity contribution is -0.145. The van der Waals surface area contributed by atoms with Gasteiger partial charge >= 0.3 is 12.1 Å². The van der Waals surface area contributed by atoms with E-state index in [1.165, 1.54) is 0 Å². The summed E-state index contributed by atoms with van der Waals surface area (Å²) in [5.41, 5.74) is 0.283. The van der Waals surface area contributed by atoms with Crippen LogP contribution in [0.3, 0.4) is 0 Å². The molecule has 5 nitrogen and oxygen atoms in total. The Balaban J connectivity index is 2.11. The minimum Gasteiger partial charge on any atom is -0.464 e. The summed E-state index contributed by atoms with van der Waals surface area (Å²) in [6.07, 6.45) is -0.318. The first-order valence-corrected chi connectivity index (χ1v) is 10.1. The Bertz CT molecular complexity index is 787. The standard InChI is InChI=1S/C22H27NO4S/c1-5-26-20(24)19(23-21(25)27-22(2,3)4)15-16-10-9-13-18(14-16)28-17-11-7-6-8-12-17/h6-14,19H,5,15H2,1-4H3,(H,23,25)/t19-/m1/s1. The van der Waals surface area contributed by atoms with E-state index in [0.29, 0.717) is 6.42 Å². The number of hydrogen-bond acceptors (Lipinski definition) is 5. The molecule has 0 saturated carbocycles. The number of carbonyl (C=O) groups excluding carboxylic acids is 2. The van der Waals surface area contributed by atoms with E-state index in [1.807, 2.05) is 54.6 Å². The van der Waals surface area contributed by atoms with Crippen molar-refractivity contribution in [2.75, 3.05) is 6.61 Å². The lowest BCUT2D eigenvalue weighted by Gasteiger charge is -2.23. The van der Waals surface area contributed by atoms with Crippen molar-refractivity contribution in [1.82, 2.24) is 5.32 Å². The fourth-order valence-corrected chi connectivity index (χ4v) is 3.40. The fourth-order valence-electron chi connectivity index (χ4n) is 2.48. The van der Waals surface area contributed by atoms with Gasteiger partial charge < -0.3 is 14.8 Å². The smallest absolute Gasteiger partial charge is 0.408 e. The second-order valence-electron chi connectivity index (χ2n) is 7.22. The number of carbonyl (C=O) groups is 2. The summed E-state index contributed by atoms with van der Waals surface area (Å²) < 4.78 is 10.4. The third-order valence-corrected chi connectivity index (χ3v) is 4.58. The topological polar surface area (TPSA) is 64.6 Å². The maximum atomic E-state index is 12.3. The van der Waals surface area contributed by atoms with Gasteiger partial charge in [0, 0.05) is 16.2 Å². The van der Waals surface area contributed by atoms with E-state index < -0.39 is 23.7 Å². The minimum absolute atomic E-state index is 0.245. The lowest BCUT2D eigenvalue weighted by atomic mass is 10.1. The van der Waals surface area contributed by atoms with E-state index in [0.717, 1.165) is 15.4 Å². The Labute approximate surface area is 170 Å². The predicted molar refractivity (Wildman–Crippen MR) is 111 cm³/mol. The van der Waals surface area contributed by atoms with Crippen LogP contribution >= 0.6 is 11.8 Å². The van der Waals surface area contributed by atoms with Gasteiger partial charge in [-0.1, -0.05) is 42.1 Å². The lowest BCUT2D eigenvalue weighted by Crippen LogP contribution is -2.45. The SMILES string of the molecule is CCOC(=O)[C@@H](Cc1cccc(Sc2ccccc2)c1)NC(=O)OC(C)(C)C. The summed E-state index contributed by atoms with van der Waals surface area (Å²) >= 11 is 1.64. The first-order chi connectivity index (χ1) is 13.3. The van der Waals surface area contributed by atoms with Crippen LogP contribution in [0.15, 0.2) is 64.4 Å². The molecule has 0 radical (unpaired) electrons. The van der Waals surface area contributed by atoms with Gasteiger partial charge in [-0.2, -0.15) is 0 Å². The number of amides is 1. The maximum absolute atomic E-state index is 12.3. The van der Waals surface area contributed by atoms with Crippen molar-refractivity contribution in [1.29, 1.82) is 0 Å². The normalized spacial score (nSPS) is 12.1. The molecule has 1 amide bonds. The number of hydrogen-bond donors (Lipinski definition) is 1. The van der Waals surface area contributed by atoms with Gasteiger partial charge in [0.1, 0.15) is 11.6 Å². The van der Waals surface area contributed by atoms with Gasteiger partial charge in [-0.3, -0.25) is 0 Å². The number of rotatable bonds is 7. The van der Waals surface area contributed by atoms with Crippen LogP contribution in [0.4, 0.5) is 4.79 Å². The Hall–Kier alpha value is -2.47. The van der Waals surface area contributed by atoms with Crippen molar-refractivity contribution in [3.63, 3.8) is 0 Å². The first-order valence-electron chi connectivity index (χ1n) is 9.25. The average molecular weight is 402 g/mol. The molecule has 28 heavy (non-hydrogen) atoms. The van der Waals surface area contributed by atoms with E-state index in [2.05, 4.69) is 5.32 Å². The summed E-state index contributed by atoms with van der Waals surface area (Å²) in [6, 6.07) is 17.1. The van der Waals surface area contributed by atoms with Crippen LogP contribution in [-0.4, -0.2) is 30.3 Å². The summed E-state index contributed by atoms with van der Waals surface area (Å²) in [7, 11) is 0. The largest absolute Gasteiger partial charge is 0.464 e. The number of nitrogens with one attached hydrogen (secondary N) is 1. The van der Waals surface area contributed by atoms with Crippen LogP contribution in [0, 0.1) is 0 Å². The Kier molecular flexibility index (Phi) is 7.93. The number of ether oxygens (including phenoxy) is 2. The van der Waals surface area contributed by atoms with E-state index >= 15 is 0 Å². The zero-order valence-corrected chi connectivity index (χ0v) is 17.5. The molecular weight excluding hydrogens is 374 g/mol. The molecule has 2 rings (SSSR count). The fraction of sp³-hybridized carbons (Fsp3) is 0.364. The van der Waals surface area contributed by atoms with Crippen molar-refractivity contribution in [2.45, 2.75) is 55.5 Å². The highest BCUT2D eigenvalue weighted by atomic mass is 32.2. The van der Waals surface area contributed by atoms with Crippen molar-refractivity contribution < 1.29 is 19.1 Å². The van der Waals surface area contributed by atoms with Crippen molar-refractivity contribution in [3.05, 3.63) is 60.2 Å². The van der Waals surface area contributed by atoms with E-state index in [4.69, 9.17) is 9.47 Å². The summed E-state index contributed by atoms with van der Waals surface area (Å²) in [6.45, 7) is 7.30. The van der Waals surface area contributed by atoms with Crippen LogP contribution in [0.1, 0.15) is 33.3 Å². The second-order valence-corrected chi connectivity index (χ2v) is 8.36. The molecule has 0 spiro atoms. The van der Waals surface area contributed by atoms with Crippen LogP contribution in [0.25, 0.3) is 0 Å². The minimum atomic E-state index is -0.813. The summed E-state index contributed by atoms with van der Waals surface area (Å²) in [5.74, 6) is -0.477. The molecule has 0 fully saturated rings. The molecule has 6 heteroatoms. The van der Waals surface area contributed by atoms with Crippen molar-refractivity contribution >= 4 is 23.8 Å². The summed E-state index contributed by atoms with van der Waals surface area (Å²) in [5, 5.41) is 2.63. The number of alkyl carbamates (subject to hydrolysis) is 1. The summed E-state index contributed by atoms with van der Waals surface area (Å²) in [4.78, 5) is 26.6. The first kappa shape index (κ1) is 21.8. The highest BCUT2D eigenvalue weighted by Gasteiger charge is 2.25. The molecule has 0 aliphatic rings. The van der Waals surface area contributed by atoms with Gasteiger partial charge in [0.25, 0.3) is 0 Å². The van der Waals surface area contributed by atoms with Crippen LogP contribution in [0.5, 0.6) is 0 Å². The van der Waals surface area contributed by atoms with Crippen molar-refractivity contribution in [3.8, 4) is 0 Å². The van der Waals surface area contributed by atoms with Gasteiger partial charge in [0.2, 0.25) is 0 Å². The zero-order valence-electron chi connectivity index (χ0n) is 16.7. The van der Waals surface area contributed by atoms with Gasteiger partial charge in [-0.25, -0.2) is 9.59 Å². The van der Waals surface area contributed by atoms with Gasteiger partial charge in [0.05, 0.1) is 6.61 Å². The zero-order chi connectivity index (χ0) is 20.6. The van der Waals surface area contributed by atoms with Crippen LogP contribution in [0.2, 0.25) is 0 Å². The quantitative estimate of drug-likeness (QED) is 0.673. The molecule has 0 heterocycles. The maximum Gasteiger partial charge on any atom is 0.408 e. The molecule has 150 valence electrons. The molecule has 2 aromatic rings. The highest BCUT2D eigenvalue weighted by molar-refractivity contribution is 7.99. The monoisotopic (exact) mass is 401 g/mol. The van der Waals surface area contributed by atoms with Gasteiger partial charge in [-0.15, -0.1) is 0 Å². The molecule has 0 saturated heterocycles. The van der Waals surface area contributed by atoms with Crippen molar-refractivity contribution in [2.24, 2.45) is 0 Å². The molecule has 0 aromatic heterocycles. The molecule has 0 aliphatic heterocycles. The Morgan fingerprint density at radius 3 is 2.36 bits per heavy atom. The van der Waals surface area contributed by atoms with Crippen LogP contribution in [-0.2, 0) is 20.7 Å². The highest BCUT2D eigenvalue weighted by Crippen LogP contribution is 2.28. The van der Waals surface area contributed by atoms with E-state index in [1.54, 1.807) is 39.5 Å². The predicted octanol–water partition coefficient (Wildman–Crippen LogP) is 4.84. The number of esters is 1. The van der Waals surface area contributed by atoms with Crippen LogP contribution < -0.4 is 5.32 Å². The average Bonchev–Trinajstić information content (AvgIpc) is 2.61. The molecule has 2 aromatic carbocycles. The molecule has 0 unspecified atom stereocenters. The molecule has 1 atom stereocenters. The van der Waals surface area contributed by atoms with E-state index in [9.17, 15) is 9.59 Å². The van der Waals surface area contributed by atoms with E-state index in [-0.39, 0.29) is 6.61 Å². The Morgan fingerprint density at radius 1 is 1.04 bits per heavy atom. The third-order valence-electron chi connectivity index (χ3n) is 3.58.